The SMILES string of the molecule is CCC(=O)Oc1c([C@@H]2[C@@H](c3ccccc3)C(c3ccccc3)=NN2c2ccccc2)nn(-c2ccccc2)c1C. The maximum atomic E-state index is 12.7. The smallest absolute Gasteiger partial charge is 0.311 e. The van der Waals surface area contributed by atoms with Crippen LogP contribution >= 0.6 is 0 Å². The van der Waals surface area contributed by atoms with Crippen molar-refractivity contribution in [2.75, 3.05) is 5.01 Å². The fourth-order valence-electron chi connectivity index (χ4n) is 5.29. The summed E-state index contributed by atoms with van der Waals surface area (Å²) in [4.78, 5) is 12.7. The maximum absolute atomic E-state index is 12.7. The summed E-state index contributed by atoms with van der Waals surface area (Å²) in [7, 11) is 0. The summed E-state index contributed by atoms with van der Waals surface area (Å²) >= 11 is 0. The molecule has 1 aliphatic heterocycles. The van der Waals surface area contributed by atoms with Crippen LogP contribution in [0.5, 0.6) is 5.75 Å². The number of hydrazone groups is 1. The predicted molar refractivity (Wildman–Crippen MR) is 158 cm³/mol. The van der Waals surface area contributed by atoms with Crippen molar-refractivity contribution in [3.8, 4) is 11.4 Å². The maximum Gasteiger partial charge on any atom is 0.311 e. The second kappa shape index (κ2) is 11.0. The minimum absolute atomic E-state index is 0.179. The third-order valence-corrected chi connectivity index (χ3v) is 7.21. The molecule has 0 spiro atoms. The first-order valence-electron chi connectivity index (χ1n) is 13.5. The van der Waals surface area contributed by atoms with E-state index in [9.17, 15) is 4.79 Å². The highest BCUT2D eigenvalue weighted by Gasteiger charge is 2.44. The molecule has 0 fully saturated rings. The van der Waals surface area contributed by atoms with Crippen molar-refractivity contribution in [2.24, 2.45) is 5.10 Å². The van der Waals surface area contributed by atoms with Crippen LogP contribution in [0.4, 0.5) is 5.69 Å². The van der Waals surface area contributed by atoms with Crippen molar-refractivity contribution in [3.63, 3.8) is 0 Å². The summed E-state index contributed by atoms with van der Waals surface area (Å²) in [5, 5.41) is 12.4. The number of carbonyl (C=O) groups is 1. The Balaban J connectivity index is 1.61. The van der Waals surface area contributed by atoms with Crippen LogP contribution in [-0.2, 0) is 4.79 Å². The van der Waals surface area contributed by atoms with Crippen molar-refractivity contribution < 1.29 is 9.53 Å². The molecule has 0 N–H and O–H groups in total. The number of hydrogen-bond donors (Lipinski definition) is 0. The zero-order valence-corrected chi connectivity index (χ0v) is 22.5. The predicted octanol–water partition coefficient (Wildman–Crippen LogP) is 7.25. The van der Waals surface area contributed by atoms with Gasteiger partial charge in [-0.1, -0.05) is 104 Å². The van der Waals surface area contributed by atoms with E-state index in [1.54, 1.807) is 6.92 Å². The average molecular weight is 527 g/mol. The number of hydrogen-bond acceptors (Lipinski definition) is 5. The number of ether oxygens (including phenoxy) is 1. The van der Waals surface area contributed by atoms with Crippen molar-refractivity contribution >= 4 is 17.4 Å². The Bertz CT molecular complexity index is 1630. The van der Waals surface area contributed by atoms with E-state index in [4.69, 9.17) is 14.9 Å². The van der Waals surface area contributed by atoms with Gasteiger partial charge in [0.25, 0.3) is 0 Å². The van der Waals surface area contributed by atoms with Gasteiger partial charge >= 0.3 is 5.97 Å². The fourth-order valence-corrected chi connectivity index (χ4v) is 5.29. The van der Waals surface area contributed by atoms with Gasteiger partial charge in [0.15, 0.2) is 5.75 Å². The summed E-state index contributed by atoms with van der Waals surface area (Å²) in [6.07, 6.45) is 0.260. The molecule has 6 heteroatoms. The second-order valence-corrected chi connectivity index (χ2v) is 9.74. The molecule has 2 heterocycles. The molecule has 0 saturated heterocycles. The molecule has 40 heavy (non-hydrogen) atoms. The lowest BCUT2D eigenvalue weighted by Crippen LogP contribution is -2.26. The van der Waals surface area contributed by atoms with Gasteiger partial charge in [-0.25, -0.2) is 4.68 Å². The van der Waals surface area contributed by atoms with Crippen LogP contribution in [0.25, 0.3) is 5.69 Å². The monoisotopic (exact) mass is 526 g/mol. The molecule has 0 amide bonds. The van der Waals surface area contributed by atoms with Gasteiger partial charge in [0.05, 0.1) is 28.7 Å². The molecule has 0 saturated carbocycles. The molecule has 5 aromatic rings. The number of carbonyl (C=O) groups excluding carboxylic acids is 1. The van der Waals surface area contributed by atoms with Gasteiger partial charge in [-0.15, -0.1) is 0 Å². The summed E-state index contributed by atoms with van der Waals surface area (Å²) < 4.78 is 7.91. The molecule has 6 rings (SSSR count). The topological polar surface area (TPSA) is 59.7 Å². The number of nitrogens with zero attached hydrogens (tertiary/aromatic N) is 4. The molecular formula is C34H30N4O2. The fraction of sp³-hybridized carbons (Fsp3) is 0.147. The van der Waals surface area contributed by atoms with E-state index in [2.05, 4.69) is 24.3 Å². The highest BCUT2D eigenvalue weighted by atomic mass is 16.5. The highest BCUT2D eigenvalue weighted by Crippen LogP contribution is 2.48. The van der Waals surface area contributed by atoms with Gasteiger partial charge in [-0.3, -0.25) is 9.80 Å². The van der Waals surface area contributed by atoms with Crippen LogP contribution in [0, 0.1) is 6.92 Å². The van der Waals surface area contributed by atoms with Gasteiger partial charge in [0, 0.05) is 6.42 Å². The van der Waals surface area contributed by atoms with E-state index < -0.39 is 0 Å². The number of para-hydroxylation sites is 2. The van der Waals surface area contributed by atoms with Gasteiger partial charge in [-0.05, 0) is 42.3 Å². The quantitative estimate of drug-likeness (QED) is 0.210. The number of anilines is 1. The van der Waals surface area contributed by atoms with Crippen LogP contribution in [0.1, 0.15) is 47.8 Å². The summed E-state index contributed by atoms with van der Waals surface area (Å²) in [5.41, 5.74) is 6.31. The lowest BCUT2D eigenvalue weighted by Gasteiger charge is -2.28. The molecule has 6 nitrogen and oxygen atoms in total. The first-order valence-corrected chi connectivity index (χ1v) is 13.5. The molecule has 0 aliphatic carbocycles. The van der Waals surface area contributed by atoms with Crippen LogP contribution in [0.3, 0.4) is 0 Å². The largest absolute Gasteiger partial charge is 0.422 e. The average Bonchev–Trinajstić information content (AvgIpc) is 3.57. The molecule has 0 unspecified atom stereocenters. The zero-order chi connectivity index (χ0) is 27.5. The standard InChI is InChI=1S/C34H30N4O2/c1-3-29(39)40-34-24(2)37(27-20-12-6-13-21-27)36-32(34)33-30(25-16-8-4-9-17-25)31(26-18-10-5-11-19-26)35-38(33)28-22-14-7-15-23-28/h4-23,30,33H,3H2,1-2H3/t30-,33-/m0/s1. The minimum Gasteiger partial charge on any atom is -0.422 e. The molecule has 2 atom stereocenters. The third kappa shape index (κ3) is 4.69. The Morgan fingerprint density at radius 2 is 1.32 bits per heavy atom. The van der Waals surface area contributed by atoms with E-state index in [-0.39, 0.29) is 24.3 Å². The Morgan fingerprint density at radius 3 is 1.93 bits per heavy atom. The Morgan fingerprint density at radius 1 is 0.775 bits per heavy atom. The van der Waals surface area contributed by atoms with Crippen LogP contribution in [-0.4, -0.2) is 21.5 Å². The highest BCUT2D eigenvalue weighted by molar-refractivity contribution is 6.08. The summed E-state index contributed by atoms with van der Waals surface area (Å²) in [5.74, 6) is -0.00447. The Kier molecular flexibility index (Phi) is 6.98. The summed E-state index contributed by atoms with van der Waals surface area (Å²) in [6, 6.07) is 40.3. The van der Waals surface area contributed by atoms with E-state index in [0.717, 1.165) is 33.9 Å². The number of aromatic nitrogens is 2. The lowest BCUT2D eigenvalue weighted by molar-refractivity contribution is -0.134. The van der Waals surface area contributed by atoms with Crippen molar-refractivity contribution in [2.45, 2.75) is 32.2 Å². The zero-order valence-electron chi connectivity index (χ0n) is 22.5. The minimum atomic E-state index is -0.372. The number of benzene rings is 4. The third-order valence-electron chi connectivity index (χ3n) is 7.21. The van der Waals surface area contributed by atoms with E-state index in [1.165, 1.54) is 0 Å². The van der Waals surface area contributed by atoms with E-state index >= 15 is 0 Å². The van der Waals surface area contributed by atoms with Crippen LogP contribution < -0.4 is 9.75 Å². The van der Waals surface area contributed by atoms with Gasteiger partial charge in [0.2, 0.25) is 0 Å². The van der Waals surface area contributed by atoms with Gasteiger partial charge in [0.1, 0.15) is 11.7 Å². The first-order chi connectivity index (χ1) is 19.7. The Labute approximate surface area is 234 Å². The molecule has 198 valence electrons. The number of esters is 1. The van der Waals surface area contributed by atoms with Crippen molar-refractivity contribution in [3.05, 3.63) is 144 Å². The molecule has 1 aliphatic rings. The Hall–Kier alpha value is -4.97. The molecule has 1 aromatic heterocycles. The van der Waals surface area contributed by atoms with Gasteiger partial charge < -0.3 is 4.74 Å². The summed E-state index contributed by atoms with van der Waals surface area (Å²) in [6.45, 7) is 3.74. The molecular weight excluding hydrogens is 496 g/mol. The normalized spacial score (nSPS) is 16.6. The van der Waals surface area contributed by atoms with Crippen LogP contribution in [0.15, 0.2) is 126 Å². The van der Waals surface area contributed by atoms with E-state index in [1.807, 2.05) is 114 Å². The number of rotatable bonds is 7. The van der Waals surface area contributed by atoms with Crippen molar-refractivity contribution in [1.29, 1.82) is 0 Å². The first kappa shape index (κ1) is 25.3. The second-order valence-electron chi connectivity index (χ2n) is 9.74. The van der Waals surface area contributed by atoms with E-state index in [0.29, 0.717) is 11.4 Å². The lowest BCUT2D eigenvalue weighted by atomic mass is 9.83. The molecule has 0 bridgehead atoms. The van der Waals surface area contributed by atoms with Crippen LogP contribution in [0.2, 0.25) is 0 Å². The molecule has 0 radical (unpaired) electrons. The van der Waals surface area contributed by atoms with Crippen molar-refractivity contribution in [1.82, 2.24) is 9.78 Å². The van der Waals surface area contributed by atoms with Gasteiger partial charge in [-0.2, -0.15) is 10.2 Å². The molecule has 4 aromatic carbocycles.